The van der Waals surface area contributed by atoms with E-state index in [4.69, 9.17) is 0 Å². The predicted molar refractivity (Wildman–Crippen MR) is 78.9 cm³/mol. The van der Waals surface area contributed by atoms with Gasteiger partial charge in [-0.25, -0.2) is 0 Å². The zero-order valence-corrected chi connectivity index (χ0v) is 12.5. The second-order valence-corrected chi connectivity index (χ2v) is 5.62. The van der Waals surface area contributed by atoms with E-state index in [2.05, 4.69) is 0 Å². The lowest BCUT2D eigenvalue weighted by Crippen LogP contribution is -2.37. The number of amides is 1. The number of carbonyl (C=O) groups excluding carboxylic acids is 2. The minimum Gasteiger partial charge on any atom is -0.345 e. The number of nitrogens with zero attached hydrogens (tertiary/aromatic N) is 2. The summed E-state index contributed by atoms with van der Waals surface area (Å²) in [7, 11) is 1.82. The molecule has 1 aromatic rings. The maximum absolute atomic E-state index is 12.4. The Balaban J connectivity index is 2.07. The van der Waals surface area contributed by atoms with Gasteiger partial charge in [-0.3, -0.25) is 14.5 Å². The van der Waals surface area contributed by atoms with Crippen molar-refractivity contribution in [2.45, 2.75) is 20.3 Å². The number of rotatable bonds is 3. The van der Waals surface area contributed by atoms with Crippen LogP contribution in [0.4, 0.5) is 0 Å². The van der Waals surface area contributed by atoms with Crippen LogP contribution in [-0.2, 0) is 4.79 Å². The number of Topliss-reactive ketones (excluding diaryl/α,β-unsaturated/α-hetero) is 1. The average Bonchev–Trinajstić information content (AvgIpc) is 2.55. The van der Waals surface area contributed by atoms with Crippen molar-refractivity contribution >= 4 is 11.7 Å². The SMILES string of the molecule is Cc1ccc(C)c(C(=O)CN2CCCN(C)C(=O)C2)c1. The first kappa shape index (κ1) is 14.7. The number of aryl methyl sites for hydroxylation is 2. The van der Waals surface area contributed by atoms with E-state index in [1.54, 1.807) is 4.90 Å². The van der Waals surface area contributed by atoms with Gasteiger partial charge >= 0.3 is 0 Å². The zero-order chi connectivity index (χ0) is 14.7. The molecule has 0 aromatic heterocycles. The number of ketones is 1. The largest absolute Gasteiger partial charge is 0.345 e. The molecule has 1 amide bonds. The Morgan fingerprint density at radius 3 is 2.75 bits per heavy atom. The summed E-state index contributed by atoms with van der Waals surface area (Å²) in [6.45, 7) is 6.17. The monoisotopic (exact) mass is 274 g/mol. The molecule has 4 nitrogen and oxygen atoms in total. The number of likely N-dealkylation sites (N-methyl/N-ethyl adjacent to an activating group) is 1. The van der Waals surface area contributed by atoms with E-state index in [9.17, 15) is 9.59 Å². The summed E-state index contributed by atoms with van der Waals surface area (Å²) in [4.78, 5) is 27.9. The zero-order valence-electron chi connectivity index (χ0n) is 12.5. The topological polar surface area (TPSA) is 40.6 Å². The van der Waals surface area contributed by atoms with E-state index in [0.29, 0.717) is 13.1 Å². The molecule has 4 heteroatoms. The van der Waals surface area contributed by atoms with Crippen molar-refractivity contribution in [3.63, 3.8) is 0 Å². The first-order chi connectivity index (χ1) is 9.47. The third-order valence-corrected chi connectivity index (χ3v) is 3.81. The molecule has 108 valence electrons. The third-order valence-electron chi connectivity index (χ3n) is 3.81. The van der Waals surface area contributed by atoms with Gasteiger partial charge in [0.2, 0.25) is 5.91 Å². The van der Waals surface area contributed by atoms with E-state index >= 15 is 0 Å². The van der Waals surface area contributed by atoms with Crippen LogP contribution in [0, 0.1) is 13.8 Å². The summed E-state index contributed by atoms with van der Waals surface area (Å²) < 4.78 is 0. The number of carbonyl (C=O) groups is 2. The molecular weight excluding hydrogens is 252 g/mol. The molecule has 0 spiro atoms. The fourth-order valence-corrected chi connectivity index (χ4v) is 2.51. The van der Waals surface area contributed by atoms with Crippen molar-refractivity contribution in [1.82, 2.24) is 9.80 Å². The van der Waals surface area contributed by atoms with Crippen LogP contribution in [0.3, 0.4) is 0 Å². The van der Waals surface area contributed by atoms with Crippen molar-refractivity contribution in [1.29, 1.82) is 0 Å². The molecule has 0 saturated carbocycles. The van der Waals surface area contributed by atoms with Gasteiger partial charge in [0.15, 0.2) is 5.78 Å². The maximum Gasteiger partial charge on any atom is 0.236 e. The molecule has 0 aliphatic carbocycles. The van der Waals surface area contributed by atoms with Crippen LogP contribution in [0.2, 0.25) is 0 Å². The molecule has 20 heavy (non-hydrogen) atoms. The summed E-state index contributed by atoms with van der Waals surface area (Å²) in [6, 6.07) is 5.92. The van der Waals surface area contributed by atoms with Gasteiger partial charge < -0.3 is 4.90 Å². The molecule has 1 fully saturated rings. The smallest absolute Gasteiger partial charge is 0.236 e. The Morgan fingerprint density at radius 2 is 2.00 bits per heavy atom. The molecular formula is C16H22N2O2. The molecule has 0 bridgehead atoms. The van der Waals surface area contributed by atoms with E-state index in [-0.39, 0.29) is 11.7 Å². The molecule has 1 aliphatic rings. The van der Waals surface area contributed by atoms with Gasteiger partial charge in [0.25, 0.3) is 0 Å². The highest BCUT2D eigenvalue weighted by atomic mass is 16.2. The highest BCUT2D eigenvalue weighted by Crippen LogP contribution is 2.13. The van der Waals surface area contributed by atoms with Gasteiger partial charge in [-0.1, -0.05) is 17.7 Å². The minimum atomic E-state index is 0.0938. The fourth-order valence-electron chi connectivity index (χ4n) is 2.51. The average molecular weight is 274 g/mol. The number of hydrogen-bond acceptors (Lipinski definition) is 3. The van der Waals surface area contributed by atoms with Crippen molar-refractivity contribution in [3.8, 4) is 0 Å². The Bertz CT molecular complexity index is 525. The van der Waals surface area contributed by atoms with E-state index in [1.165, 1.54) is 0 Å². The summed E-state index contributed by atoms with van der Waals surface area (Å²) in [5.41, 5.74) is 2.86. The Morgan fingerprint density at radius 1 is 1.25 bits per heavy atom. The first-order valence-corrected chi connectivity index (χ1v) is 7.04. The van der Waals surface area contributed by atoms with Crippen LogP contribution in [0.5, 0.6) is 0 Å². The lowest BCUT2D eigenvalue weighted by atomic mass is 10.0. The van der Waals surface area contributed by atoms with Gasteiger partial charge in [0, 0.05) is 25.7 Å². The standard InChI is InChI=1S/C16H22N2O2/c1-12-5-6-13(2)14(9-12)15(19)10-18-8-4-7-17(3)16(20)11-18/h5-6,9H,4,7-8,10-11H2,1-3H3. The summed E-state index contributed by atoms with van der Waals surface area (Å²) >= 11 is 0. The van der Waals surface area contributed by atoms with Crippen LogP contribution in [0.1, 0.15) is 27.9 Å². The highest BCUT2D eigenvalue weighted by molar-refractivity contribution is 5.99. The van der Waals surface area contributed by atoms with Gasteiger partial charge in [-0.15, -0.1) is 0 Å². The lowest BCUT2D eigenvalue weighted by Gasteiger charge is -2.19. The molecule has 1 aliphatic heterocycles. The number of hydrogen-bond donors (Lipinski definition) is 0. The van der Waals surface area contributed by atoms with E-state index in [1.807, 2.05) is 44.0 Å². The lowest BCUT2D eigenvalue weighted by molar-refractivity contribution is -0.129. The van der Waals surface area contributed by atoms with E-state index in [0.717, 1.165) is 36.2 Å². The van der Waals surface area contributed by atoms with E-state index < -0.39 is 0 Å². The van der Waals surface area contributed by atoms with Crippen LogP contribution in [0.15, 0.2) is 18.2 Å². The molecule has 1 heterocycles. The van der Waals surface area contributed by atoms with Crippen molar-refractivity contribution in [3.05, 3.63) is 34.9 Å². The van der Waals surface area contributed by atoms with Crippen molar-refractivity contribution in [2.24, 2.45) is 0 Å². The highest BCUT2D eigenvalue weighted by Gasteiger charge is 2.21. The van der Waals surface area contributed by atoms with Gasteiger partial charge in [-0.2, -0.15) is 0 Å². The first-order valence-electron chi connectivity index (χ1n) is 7.04. The van der Waals surface area contributed by atoms with Crippen LogP contribution < -0.4 is 0 Å². The van der Waals surface area contributed by atoms with Crippen molar-refractivity contribution in [2.75, 3.05) is 33.2 Å². The van der Waals surface area contributed by atoms with Gasteiger partial charge in [0.1, 0.15) is 0 Å². The molecule has 0 N–H and O–H groups in total. The molecule has 0 atom stereocenters. The number of benzene rings is 1. The Kier molecular flexibility index (Phi) is 4.55. The van der Waals surface area contributed by atoms with Gasteiger partial charge in [0.05, 0.1) is 13.1 Å². The molecule has 1 aromatic carbocycles. The second kappa shape index (κ2) is 6.18. The van der Waals surface area contributed by atoms with Crippen LogP contribution in [-0.4, -0.2) is 54.7 Å². The predicted octanol–water partition coefficient (Wildman–Crippen LogP) is 1.65. The molecule has 0 radical (unpaired) electrons. The quantitative estimate of drug-likeness (QED) is 0.787. The summed E-state index contributed by atoms with van der Waals surface area (Å²) in [5.74, 6) is 0.194. The Hall–Kier alpha value is -1.68. The summed E-state index contributed by atoms with van der Waals surface area (Å²) in [6.07, 6.45) is 0.919. The third kappa shape index (κ3) is 3.45. The summed E-state index contributed by atoms with van der Waals surface area (Å²) in [5, 5.41) is 0. The van der Waals surface area contributed by atoms with Crippen LogP contribution in [0.25, 0.3) is 0 Å². The van der Waals surface area contributed by atoms with Crippen LogP contribution >= 0.6 is 0 Å². The van der Waals surface area contributed by atoms with Crippen molar-refractivity contribution < 1.29 is 9.59 Å². The maximum atomic E-state index is 12.4. The normalized spacial score (nSPS) is 17.1. The molecule has 1 saturated heterocycles. The molecule has 0 unspecified atom stereocenters. The van der Waals surface area contributed by atoms with Gasteiger partial charge in [-0.05, 0) is 31.9 Å². The minimum absolute atomic E-state index is 0.0938. The fraction of sp³-hybridized carbons (Fsp3) is 0.500. The Labute approximate surface area is 120 Å². The molecule has 2 rings (SSSR count). The second-order valence-electron chi connectivity index (χ2n) is 5.62.